The van der Waals surface area contributed by atoms with Crippen LogP contribution in [0.5, 0.6) is 0 Å². The number of hydrogen-bond acceptors (Lipinski definition) is 5. The van der Waals surface area contributed by atoms with Gasteiger partial charge in [-0.2, -0.15) is 0 Å². The predicted octanol–water partition coefficient (Wildman–Crippen LogP) is 2.02. The lowest BCUT2D eigenvalue weighted by Gasteiger charge is -2.59. The molecule has 1 aromatic rings. The van der Waals surface area contributed by atoms with Crippen LogP contribution in [-0.2, 0) is 14.9 Å². The quantitative estimate of drug-likeness (QED) is 0.598. The highest BCUT2D eigenvalue weighted by Crippen LogP contribution is 2.68. The first kappa shape index (κ1) is 15.2. The molecule has 7 rings (SSSR count). The van der Waals surface area contributed by atoms with Gasteiger partial charge < -0.3 is 15.2 Å². The molecular weight excluding hydrogens is 328 g/mol. The first-order valence-corrected chi connectivity index (χ1v) is 9.73. The molecule has 136 valence electrons. The molecule has 5 heteroatoms. The maximum Gasteiger partial charge on any atom is 0.302 e. The van der Waals surface area contributed by atoms with Gasteiger partial charge in [-0.3, -0.25) is 9.69 Å². The van der Waals surface area contributed by atoms with Gasteiger partial charge in [-0.15, -0.1) is 0 Å². The topological polar surface area (TPSA) is 61.8 Å². The molecule has 5 bridgehead atoms. The lowest BCUT2D eigenvalue weighted by molar-refractivity contribution is -0.156. The first-order chi connectivity index (χ1) is 12.6. The zero-order chi connectivity index (χ0) is 17.8. The van der Waals surface area contributed by atoms with E-state index in [2.05, 4.69) is 40.6 Å². The maximum absolute atomic E-state index is 12.1. The van der Waals surface area contributed by atoms with E-state index in [1.807, 2.05) is 6.92 Å². The molecule has 1 saturated carbocycles. The fourth-order valence-electron chi connectivity index (χ4n) is 7.32. The monoisotopic (exact) mass is 352 g/mol. The number of carbonyl (C=O) groups is 1. The average Bonchev–Trinajstić information content (AvgIpc) is 3.08. The summed E-state index contributed by atoms with van der Waals surface area (Å²) in [5.41, 5.74) is 3.41. The molecule has 4 saturated heterocycles. The molecule has 5 aliphatic heterocycles. The Kier molecular flexibility index (Phi) is 2.75. The Balaban J connectivity index is 1.59. The van der Waals surface area contributed by atoms with E-state index >= 15 is 0 Å². The molecule has 0 radical (unpaired) electrons. The Morgan fingerprint density at radius 1 is 1.38 bits per heavy atom. The second-order valence-corrected chi connectivity index (χ2v) is 8.61. The normalized spacial score (nSPS) is 50.5. The number of nitrogens with one attached hydrogen (secondary N) is 1. The summed E-state index contributed by atoms with van der Waals surface area (Å²) >= 11 is 0. The van der Waals surface area contributed by atoms with Gasteiger partial charge in [-0.05, 0) is 42.9 Å². The number of para-hydroxylation sites is 1. The van der Waals surface area contributed by atoms with Crippen molar-refractivity contribution in [1.82, 2.24) is 4.90 Å². The van der Waals surface area contributed by atoms with Gasteiger partial charge >= 0.3 is 5.97 Å². The summed E-state index contributed by atoms with van der Waals surface area (Å²) < 4.78 is 6.08. The molecule has 6 aliphatic rings. The number of allylic oxidation sites excluding steroid dienone is 1. The summed E-state index contributed by atoms with van der Waals surface area (Å²) in [6, 6.07) is 9.24. The molecule has 5 heterocycles. The van der Waals surface area contributed by atoms with Crippen molar-refractivity contribution < 1.29 is 14.6 Å². The van der Waals surface area contributed by atoms with Crippen molar-refractivity contribution in [3.05, 3.63) is 41.5 Å². The lowest BCUT2D eigenvalue weighted by Crippen LogP contribution is -2.70. The van der Waals surface area contributed by atoms with Crippen molar-refractivity contribution in [3.8, 4) is 0 Å². The van der Waals surface area contributed by atoms with Gasteiger partial charge in [0.1, 0.15) is 12.3 Å². The van der Waals surface area contributed by atoms with Gasteiger partial charge in [-0.25, -0.2) is 0 Å². The van der Waals surface area contributed by atoms with Crippen LogP contribution in [0.2, 0.25) is 0 Å². The van der Waals surface area contributed by atoms with E-state index in [1.165, 1.54) is 18.2 Å². The summed E-state index contributed by atoms with van der Waals surface area (Å²) in [7, 11) is 0. The number of ether oxygens (including phenoxy) is 1. The zero-order valence-corrected chi connectivity index (χ0v) is 15.1. The Bertz CT molecular complexity index is 851. The maximum atomic E-state index is 12.1. The molecule has 5 nitrogen and oxygen atoms in total. The number of aliphatic hydroxyl groups is 1. The van der Waals surface area contributed by atoms with Crippen molar-refractivity contribution in [2.45, 2.75) is 62.6 Å². The van der Waals surface area contributed by atoms with Crippen molar-refractivity contribution in [2.24, 2.45) is 11.8 Å². The van der Waals surface area contributed by atoms with E-state index in [-0.39, 0.29) is 41.5 Å². The molecule has 2 N–H and O–H groups in total. The van der Waals surface area contributed by atoms with E-state index in [0.717, 1.165) is 18.4 Å². The van der Waals surface area contributed by atoms with Gasteiger partial charge in [-0.1, -0.05) is 24.3 Å². The molecule has 1 aromatic carbocycles. The average molecular weight is 352 g/mol. The highest BCUT2D eigenvalue weighted by Gasteiger charge is 2.76. The minimum atomic E-state index is -0.496. The SMILES string of the molecule is CC=C1[C@@H](O)N2[C@H]3C[C@@]45c6ccccc6N[C@H]4[C@@H]2C[C@@H]1C3[C@H]5OC(C)=O. The summed E-state index contributed by atoms with van der Waals surface area (Å²) in [5, 5.41) is 14.8. The second kappa shape index (κ2) is 4.70. The van der Waals surface area contributed by atoms with Crippen LogP contribution in [0, 0.1) is 11.8 Å². The van der Waals surface area contributed by atoms with E-state index in [0.29, 0.717) is 5.92 Å². The molecule has 0 aromatic heterocycles. The molecular formula is C21H24N2O3. The third-order valence-corrected chi connectivity index (χ3v) is 7.89. The fraction of sp³-hybridized carbons (Fsp3) is 0.571. The Hall–Kier alpha value is -1.85. The predicted molar refractivity (Wildman–Crippen MR) is 96.5 cm³/mol. The van der Waals surface area contributed by atoms with Gasteiger partial charge in [0.2, 0.25) is 0 Å². The minimum absolute atomic E-state index is 0.131. The third-order valence-electron chi connectivity index (χ3n) is 7.89. The number of hydrogen-bond donors (Lipinski definition) is 2. The van der Waals surface area contributed by atoms with Crippen molar-refractivity contribution in [3.63, 3.8) is 0 Å². The van der Waals surface area contributed by atoms with E-state index < -0.39 is 6.23 Å². The van der Waals surface area contributed by atoms with E-state index in [1.54, 1.807) is 0 Å². The highest BCUT2D eigenvalue weighted by atomic mass is 16.5. The Labute approximate surface area is 153 Å². The van der Waals surface area contributed by atoms with Gasteiger partial charge in [0, 0.05) is 30.6 Å². The molecule has 1 aliphatic carbocycles. The number of anilines is 1. The number of rotatable bonds is 1. The standard InChI is InChI=1S/C21H24N2O3/c1-3-11-12-8-15-18-21(13-6-4-5-7-14(13)22-18)9-16(23(15)20(11)25)17(12)19(21)26-10(2)24/h3-7,12,15-20,22,25H,8-9H2,1-2H3/t12-,15-,16-,17?,18-,19+,20+,21+/m0/s1. The summed E-state index contributed by atoms with van der Waals surface area (Å²) in [6.07, 6.45) is 3.43. The molecule has 9 atom stereocenters. The largest absolute Gasteiger partial charge is 0.461 e. The lowest BCUT2D eigenvalue weighted by atomic mass is 9.65. The molecule has 1 spiro atoms. The zero-order valence-electron chi connectivity index (χ0n) is 15.1. The fourth-order valence-corrected chi connectivity index (χ4v) is 7.32. The highest BCUT2D eigenvalue weighted by molar-refractivity contribution is 5.69. The smallest absolute Gasteiger partial charge is 0.302 e. The third kappa shape index (κ3) is 1.47. The number of aliphatic hydroxyl groups excluding tert-OH is 1. The van der Waals surface area contributed by atoms with Crippen LogP contribution in [-0.4, -0.2) is 46.4 Å². The van der Waals surface area contributed by atoms with Crippen molar-refractivity contribution in [2.75, 3.05) is 5.32 Å². The number of esters is 1. The first-order valence-electron chi connectivity index (χ1n) is 9.73. The minimum Gasteiger partial charge on any atom is -0.461 e. The van der Waals surface area contributed by atoms with Gasteiger partial charge in [0.05, 0.1) is 11.5 Å². The summed E-state index contributed by atoms with van der Waals surface area (Å²) in [5.74, 6) is 0.373. The molecule has 0 amide bonds. The number of piperidine rings is 4. The number of nitrogens with zero attached hydrogens (tertiary/aromatic N) is 1. The van der Waals surface area contributed by atoms with E-state index in [9.17, 15) is 9.90 Å². The Morgan fingerprint density at radius 2 is 2.19 bits per heavy atom. The molecule has 2 unspecified atom stereocenters. The van der Waals surface area contributed by atoms with Crippen LogP contribution in [0.15, 0.2) is 35.9 Å². The van der Waals surface area contributed by atoms with Crippen molar-refractivity contribution in [1.29, 1.82) is 0 Å². The van der Waals surface area contributed by atoms with Crippen LogP contribution in [0.1, 0.15) is 32.3 Å². The van der Waals surface area contributed by atoms with E-state index in [4.69, 9.17) is 4.74 Å². The number of fused-ring (bicyclic) bond motifs is 2. The summed E-state index contributed by atoms with van der Waals surface area (Å²) in [6.45, 7) is 3.54. The van der Waals surface area contributed by atoms with Crippen LogP contribution < -0.4 is 5.32 Å². The van der Waals surface area contributed by atoms with Crippen LogP contribution in [0.25, 0.3) is 0 Å². The van der Waals surface area contributed by atoms with Crippen LogP contribution in [0.3, 0.4) is 0 Å². The Morgan fingerprint density at radius 3 is 2.96 bits per heavy atom. The summed E-state index contributed by atoms with van der Waals surface area (Å²) in [4.78, 5) is 14.4. The second-order valence-electron chi connectivity index (χ2n) is 8.61. The molecule has 5 fully saturated rings. The van der Waals surface area contributed by atoms with Gasteiger partial charge in [0.25, 0.3) is 0 Å². The number of carbonyl (C=O) groups excluding carboxylic acids is 1. The van der Waals surface area contributed by atoms with Crippen LogP contribution >= 0.6 is 0 Å². The van der Waals surface area contributed by atoms with Crippen LogP contribution in [0.4, 0.5) is 5.69 Å². The molecule has 26 heavy (non-hydrogen) atoms. The van der Waals surface area contributed by atoms with Crippen molar-refractivity contribution >= 4 is 11.7 Å². The number of benzene rings is 1. The van der Waals surface area contributed by atoms with Gasteiger partial charge in [0.15, 0.2) is 0 Å².